The van der Waals surface area contributed by atoms with Crippen LogP contribution >= 0.6 is 0 Å². The summed E-state index contributed by atoms with van der Waals surface area (Å²) in [5.74, 6) is -1.33. The number of ketones is 1. The Hall–Kier alpha value is -2.31. The Morgan fingerprint density at radius 2 is 1.92 bits per heavy atom. The average Bonchev–Trinajstić information content (AvgIpc) is 2.61. The largest absolute Gasteiger partial charge is 0.491 e. The number of aliphatic hydroxyl groups excluding tert-OH is 1. The van der Waals surface area contributed by atoms with E-state index < -0.39 is 17.7 Å². The van der Waals surface area contributed by atoms with Gasteiger partial charge >= 0.3 is 0 Å². The van der Waals surface area contributed by atoms with Crippen LogP contribution < -0.4 is 4.74 Å². The van der Waals surface area contributed by atoms with Crippen LogP contribution in [0.4, 0.5) is 8.78 Å². The first kappa shape index (κ1) is 20.0. The molecule has 0 aliphatic carbocycles. The summed E-state index contributed by atoms with van der Waals surface area (Å²) >= 11 is 0. The molecule has 0 aromatic heterocycles. The van der Waals surface area contributed by atoms with Gasteiger partial charge in [0.05, 0.1) is 0 Å². The second-order valence-corrected chi connectivity index (χ2v) is 6.34. The highest BCUT2D eigenvalue weighted by atomic mass is 19.2. The number of ether oxygens (including phenoxy) is 1. The molecule has 0 saturated heterocycles. The zero-order valence-electron chi connectivity index (χ0n) is 15.1. The molecule has 0 aliphatic rings. The summed E-state index contributed by atoms with van der Waals surface area (Å²) < 4.78 is 32.0. The molecule has 0 aliphatic heterocycles. The van der Waals surface area contributed by atoms with E-state index in [4.69, 9.17) is 4.74 Å². The summed E-state index contributed by atoms with van der Waals surface area (Å²) in [6, 6.07) is 10.3. The number of likely N-dealkylation sites (N-methyl/N-ethyl adjacent to an activating group) is 1. The quantitative estimate of drug-likeness (QED) is 0.728. The third kappa shape index (κ3) is 5.34. The lowest BCUT2D eigenvalue weighted by molar-refractivity contribution is 0.0653. The van der Waals surface area contributed by atoms with E-state index in [0.717, 1.165) is 12.1 Å². The minimum Gasteiger partial charge on any atom is -0.491 e. The van der Waals surface area contributed by atoms with Crippen LogP contribution in [0.3, 0.4) is 0 Å². The third-order valence-electron chi connectivity index (χ3n) is 4.27. The smallest absolute Gasteiger partial charge is 0.159 e. The summed E-state index contributed by atoms with van der Waals surface area (Å²) in [6.07, 6.45) is -0.784. The molecular weight excluding hydrogens is 340 g/mol. The van der Waals surface area contributed by atoms with Crippen molar-refractivity contribution in [3.63, 3.8) is 0 Å². The predicted octanol–water partition coefficient (Wildman–Crippen LogP) is 3.60. The number of carbonyl (C=O) groups excluding carboxylic acids is 1. The summed E-state index contributed by atoms with van der Waals surface area (Å²) in [7, 11) is 1.78. The molecule has 2 aromatic carbocycles. The zero-order chi connectivity index (χ0) is 19.3. The molecule has 26 heavy (non-hydrogen) atoms. The standard InChI is InChI=1S/C20H23F2NO3/c1-13(15-7-8-19(21)20(22)10-15)23(3)11-17(25)12-26-18-6-4-5-16(9-18)14(2)24/h4-10,13,17,25H,11-12H2,1-3H3/t13-,17-/m0/s1. The number of hydrogen-bond acceptors (Lipinski definition) is 4. The average molecular weight is 363 g/mol. The molecule has 140 valence electrons. The van der Waals surface area contributed by atoms with Gasteiger partial charge in [-0.1, -0.05) is 18.2 Å². The van der Waals surface area contributed by atoms with Crippen LogP contribution in [-0.4, -0.2) is 42.1 Å². The van der Waals surface area contributed by atoms with Crippen LogP contribution in [0.1, 0.15) is 35.8 Å². The van der Waals surface area contributed by atoms with Gasteiger partial charge in [-0.15, -0.1) is 0 Å². The molecule has 0 radical (unpaired) electrons. The summed E-state index contributed by atoms with van der Waals surface area (Å²) in [5, 5.41) is 10.2. The van der Waals surface area contributed by atoms with Gasteiger partial charge in [-0.3, -0.25) is 9.69 Å². The Bertz CT molecular complexity index is 766. The van der Waals surface area contributed by atoms with Gasteiger partial charge in [0.1, 0.15) is 18.5 Å². The first-order valence-corrected chi connectivity index (χ1v) is 8.35. The van der Waals surface area contributed by atoms with Crippen molar-refractivity contribution in [1.29, 1.82) is 0 Å². The van der Waals surface area contributed by atoms with Crippen LogP contribution in [0.5, 0.6) is 5.75 Å². The molecule has 2 rings (SSSR count). The van der Waals surface area contributed by atoms with Gasteiger partial charge in [-0.25, -0.2) is 8.78 Å². The molecule has 2 atom stereocenters. The number of carbonyl (C=O) groups is 1. The maximum Gasteiger partial charge on any atom is 0.159 e. The van der Waals surface area contributed by atoms with E-state index in [1.807, 2.05) is 11.8 Å². The minimum atomic E-state index is -0.892. The zero-order valence-corrected chi connectivity index (χ0v) is 15.1. The molecule has 0 saturated carbocycles. The Morgan fingerprint density at radius 1 is 1.19 bits per heavy atom. The highest BCUT2D eigenvalue weighted by Crippen LogP contribution is 2.21. The monoisotopic (exact) mass is 363 g/mol. The number of nitrogens with zero attached hydrogens (tertiary/aromatic N) is 1. The minimum absolute atomic E-state index is 0.0518. The number of Topliss-reactive ketones (excluding diaryl/α,β-unsaturated/α-hetero) is 1. The van der Waals surface area contributed by atoms with Crippen LogP contribution in [0, 0.1) is 11.6 Å². The number of aliphatic hydroxyl groups is 1. The number of hydrogen-bond donors (Lipinski definition) is 1. The Labute approximate surface area is 152 Å². The second-order valence-electron chi connectivity index (χ2n) is 6.34. The van der Waals surface area contributed by atoms with E-state index in [9.17, 15) is 18.7 Å². The van der Waals surface area contributed by atoms with Crippen molar-refractivity contribution >= 4 is 5.78 Å². The normalized spacial score (nSPS) is 13.5. The van der Waals surface area contributed by atoms with Crippen LogP contribution in [-0.2, 0) is 0 Å². The van der Waals surface area contributed by atoms with Gasteiger partial charge in [0.25, 0.3) is 0 Å². The van der Waals surface area contributed by atoms with Gasteiger partial charge in [-0.2, -0.15) is 0 Å². The van der Waals surface area contributed by atoms with E-state index in [-0.39, 0.29) is 25.0 Å². The summed E-state index contributed by atoms with van der Waals surface area (Å²) in [6.45, 7) is 3.65. The van der Waals surface area contributed by atoms with Crippen LogP contribution in [0.25, 0.3) is 0 Å². The lowest BCUT2D eigenvalue weighted by Gasteiger charge is -2.27. The van der Waals surface area contributed by atoms with E-state index in [0.29, 0.717) is 16.9 Å². The molecule has 0 amide bonds. The van der Waals surface area contributed by atoms with Gasteiger partial charge in [0.2, 0.25) is 0 Å². The fourth-order valence-electron chi connectivity index (χ4n) is 2.57. The van der Waals surface area contributed by atoms with E-state index in [2.05, 4.69) is 0 Å². The molecule has 6 heteroatoms. The van der Waals surface area contributed by atoms with Crippen molar-refractivity contribution in [3.05, 3.63) is 65.2 Å². The molecule has 0 bridgehead atoms. The highest BCUT2D eigenvalue weighted by molar-refractivity contribution is 5.94. The maximum absolute atomic E-state index is 13.4. The third-order valence-corrected chi connectivity index (χ3v) is 4.27. The first-order chi connectivity index (χ1) is 12.3. The lowest BCUT2D eigenvalue weighted by Crippen LogP contribution is -2.34. The molecule has 4 nitrogen and oxygen atoms in total. The van der Waals surface area contributed by atoms with E-state index >= 15 is 0 Å². The molecule has 0 heterocycles. The van der Waals surface area contributed by atoms with Crippen LogP contribution in [0.2, 0.25) is 0 Å². The molecule has 0 fully saturated rings. The van der Waals surface area contributed by atoms with Crippen molar-refractivity contribution in [2.24, 2.45) is 0 Å². The van der Waals surface area contributed by atoms with Gasteiger partial charge in [0.15, 0.2) is 17.4 Å². The number of benzene rings is 2. The van der Waals surface area contributed by atoms with Crippen molar-refractivity contribution < 1.29 is 23.4 Å². The first-order valence-electron chi connectivity index (χ1n) is 8.35. The maximum atomic E-state index is 13.4. The fourth-order valence-corrected chi connectivity index (χ4v) is 2.57. The molecule has 2 aromatic rings. The van der Waals surface area contributed by atoms with Crippen molar-refractivity contribution in [2.45, 2.75) is 26.0 Å². The molecule has 0 spiro atoms. The van der Waals surface area contributed by atoms with Gasteiger partial charge < -0.3 is 9.84 Å². The molecule has 1 N–H and O–H groups in total. The lowest BCUT2D eigenvalue weighted by atomic mass is 10.1. The Kier molecular flexibility index (Phi) is 6.83. The summed E-state index contributed by atoms with van der Waals surface area (Å²) in [5.41, 5.74) is 1.16. The topological polar surface area (TPSA) is 49.8 Å². The van der Waals surface area contributed by atoms with E-state index in [1.165, 1.54) is 13.0 Å². The van der Waals surface area contributed by atoms with E-state index in [1.54, 1.807) is 31.3 Å². The van der Waals surface area contributed by atoms with Gasteiger partial charge in [-0.05, 0) is 50.7 Å². The van der Waals surface area contributed by atoms with Crippen molar-refractivity contribution in [3.8, 4) is 5.75 Å². The Balaban J connectivity index is 1.90. The predicted molar refractivity (Wildman–Crippen MR) is 95.4 cm³/mol. The van der Waals surface area contributed by atoms with Gasteiger partial charge in [0, 0.05) is 18.2 Å². The Morgan fingerprint density at radius 3 is 2.58 bits per heavy atom. The fraction of sp³-hybridized carbons (Fsp3) is 0.350. The number of rotatable bonds is 8. The SMILES string of the molecule is CC(=O)c1cccc(OC[C@@H](O)CN(C)[C@@H](C)c2ccc(F)c(F)c2)c1. The van der Waals surface area contributed by atoms with Crippen molar-refractivity contribution in [1.82, 2.24) is 4.90 Å². The highest BCUT2D eigenvalue weighted by Gasteiger charge is 2.17. The summed E-state index contributed by atoms with van der Waals surface area (Å²) in [4.78, 5) is 13.2. The van der Waals surface area contributed by atoms with Crippen LogP contribution in [0.15, 0.2) is 42.5 Å². The van der Waals surface area contributed by atoms with Crippen molar-refractivity contribution in [2.75, 3.05) is 20.2 Å². The molecule has 0 unspecified atom stereocenters. The molecular formula is C20H23F2NO3. The number of halogens is 2. The second kappa shape index (κ2) is 8.87.